The van der Waals surface area contributed by atoms with Gasteiger partial charge in [-0.1, -0.05) is 76.2 Å². The number of pyridine rings is 1. The van der Waals surface area contributed by atoms with E-state index in [1.165, 1.54) is 5.56 Å². The Morgan fingerprint density at radius 3 is 2.19 bits per heavy atom. The zero-order valence-corrected chi connectivity index (χ0v) is 22.5. The van der Waals surface area contributed by atoms with E-state index in [9.17, 15) is 1.37 Å². The van der Waals surface area contributed by atoms with Crippen LogP contribution in [0.3, 0.4) is 0 Å². The van der Waals surface area contributed by atoms with Crippen molar-refractivity contribution in [3.8, 4) is 22.4 Å². The van der Waals surface area contributed by atoms with Crippen LogP contribution in [0.2, 0.25) is 0 Å². The molecule has 0 N–H and O–H groups in total. The summed E-state index contributed by atoms with van der Waals surface area (Å²) < 4.78 is 51.3. The van der Waals surface area contributed by atoms with Crippen LogP contribution in [-0.4, -0.2) is 0 Å². The molecular weight excluding hydrogens is 452 g/mol. The normalized spacial score (nSPS) is 14.3. The summed E-state index contributed by atoms with van der Waals surface area (Å²) in [6.07, 6.45) is 0. The Bertz CT molecular complexity index is 1920. The molecule has 3 nitrogen and oxygen atoms in total. The molecule has 0 unspecified atom stereocenters. The van der Waals surface area contributed by atoms with Crippen LogP contribution >= 0.6 is 0 Å². The Kier molecular flexibility index (Phi) is 4.78. The lowest BCUT2D eigenvalue weighted by molar-refractivity contribution is -0.667. The van der Waals surface area contributed by atoms with Crippen LogP contribution in [0.1, 0.15) is 74.3 Å². The minimum Gasteiger partial charge on any atom is -0.456 e. The number of benzene rings is 3. The van der Waals surface area contributed by atoms with Crippen LogP contribution in [0, 0.1) is 27.3 Å². The second kappa shape index (κ2) is 9.20. The first-order valence-corrected chi connectivity index (χ1v) is 12.6. The number of nitrogens with zero attached hydrogens (tertiary/aromatic N) is 2. The molecule has 5 rings (SSSR count). The van der Waals surface area contributed by atoms with E-state index in [0.29, 0.717) is 39.7 Å². The molecule has 0 aliphatic carbocycles. The average molecular weight is 493 g/mol. The molecule has 0 aliphatic rings. The van der Waals surface area contributed by atoms with Crippen LogP contribution in [0.15, 0.2) is 59.0 Å². The van der Waals surface area contributed by atoms with Crippen molar-refractivity contribution in [3.05, 3.63) is 93.9 Å². The molecule has 2 aromatic heterocycles. The van der Waals surface area contributed by atoms with Crippen LogP contribution in [0.5, 0.6) is 0 Å². The van der Waals surface area contributed by atoms with Crippen molar-refractivity contribution >= 4 is 27.6 Å². The Labute approximate surface area is 227 Å². The van der Waals surface area contributed by atoms with E-state index < -0.39 is 12.7 Å². The van der Waals surface area contributed by atoms with Gasteiger partial charge in [0.15, 0.2) is 11.4 Å². The minimum absolute atomic E-state index is 0.00312. The van der Waals surface area contributed by atoms with Gasteiger partial charge in [-0.15, -0.1) is 0 Å². The molecule has 0 bridgehead atoms. The van der Waals surface area contributed by atoms with Gasteiger partial charge in [0.05, 0.1) is 13.5 Å². The number of hydrogen-bond donors (Lipinski definition) is 0. The van der Waals surface area contributed by atoms with Crippen LogP contribution in [0.4, 0.5) is 5.69 Å². The molecule has 3 heteroatoms. The molecule has 0 fully saturated rings. The number of aryl methyl sites for hydroxylation is 1. The topological polar surface area (TPSA) is 21.4 Å². The van der Waals surface area contributed by atoms with E-state index in [0.717, 1.165) is 27.5 Å². The maximum atomic E-state index is 9.33. The Balaban J connectivity index is 1.91. The smallest absolute Gasteiger partial charge is 0.216 e. The summed E-state index contributed by atoms with van der Waals surface area (Å²) in [5.41, 5.74) is 7.17. The quantitative estimate of drug-likeness (QED) is 0.181. The van der Waals surface area contributed by atoms with E-state index in [1.54, 1.807) is 32.4 Å². The van der Waals surface area contributed by atoms with E-state index in [1.807, 2.05) is 43.3 Å². The molecule has 0 spiro atoms. The van der Waals surface area contributed by atoms with Crippen LogP contribution < -0.4 is 4.57 Å². The molecule has 186 valence electrons. The lowest BCUT2D eigenvalue weighted by atomic mass is 9.92. The zero-order valence-electron chi connectivity index (χ0n) is 27.5. The highest BCUT2D eigenvalue weighted by Gasteiger charge is 2.26. The predicted molar refractivity (Wildman–Crippen MR) is 154 cm³/mol. The summed E-state index contributed by atoms with van der Waals surface area (Å²) in [5, 5.41) is 1.69. The molecule has 2 heterocycles. The Hall–Kier alpha value is -3.90. The van der Waals surface area contributed by atoms with Gasteiger partial charge in [-0.05, 0) is 47.8 Å². The van der Waals surface area contributed by atoms with Gasteiger partial charge in [-0.25, -0.2) is 4.85 Å². The van der Waals surface area contributed by atoms with Crippen LogP contribution in [-0.2, 0) is 7.05 Å². The summed E-state index contributed by atoms with van der Waals surface area (Å²) in [4.78, 5) is 3.82. The zero-order chi connectivity index (χ0) is 30.9. The molecule has 0 radical (unpaired) electrons. The predicted octanol–water partition coefficient (Wildman–Crippen LogP) is 9.47. The van der Waals surface area contributed by atoms with Crippen molar-refractivity contribution in [2.75, 3.05) is 0 Å². The standard InChI is InChI=1S/C34H35N2O/c1-19(2)24-11-13-25(14-12-24)32-29(35-8)17-16-27-26-15-10-21(5)31(33(26)37-34(27)32)30-18-28(20(3)4)22(6)23(7)36(30)9/h10-20H,1-7,9H3/q+1/i6D3,18D,20D. The Morgan fingerprint density at radius 1 is 0.946 bits per heavy atom. The number of aromatic nitrogens is 1. The fourth-order valence-electron chi connectivity index (χ4n) is 5.08. The summed E-state index contributed by atoms with van der Waals surface area (Å²) in [6, 6.07) is 15.9. The highest BCUT2D eigenvalue weighted by Crippen LogP contribution is 2.44. The van der Waals surface area contributed by atoms with Gasteiger partial charge in [0.1, 0.15) is 18.2 Å². The number of fused-ring (bicyclic) bond motifs is 3. The largest absolute Gasteiger partial charge is 0.456 e. The van der Waals surface area contributed by atoms with Crippen molar-refractivity contribution in [3.63, 3.8) is 0 Å². The van der Waals surface area contributed by atoms with Gasteiger partial charge < -0.3 is 4.42 Å². The SMILES string of the molecule is [2H]c1c(C([2H])(C)C)c(C([2H])([2H])[2H])c(C)[n+](C)c1-c1c(C)ccc2c1oc1c(-c3ccc(C(C)C)cc3)c([N+]#[C-])ccc12. The highest BCUT2D eigenvalue weighted by molar-refractivity contribution is 6.15. The maximum absolute atomic E-state index is 9.33. The van der Waals surface area contributed by atoms with E-state index in [2.05, 4.69) is 30.8 Å². The molecule has 37 heavy (non-hydrogen) atoms. The van der Waals surface area contributed by atoms with Crippen LogP contribution in [0.25, 0.3) is 49.2 Å². The van der Waals surface area contributed by atoms with Gasteiger partial charge in [0, 0.05) is 40.3 Å². The van der Waals surface area contributed by atoms with Crippen molar-refractivity contribution in [2.45, 2.75) is 60.2 Å². The first kappa shape index (κ1) is 19.2. The monoisotopic (exact) mass is 492 g/mol. The van der Waals surface area contributed by atoms with E-state index in [-0.39, 0.29) is 17.2 Å². The van der Waals surface area contributed by atoms with Gasteiger partial charge in [0.25, 0.3) is 0 Å². The molecule has 5 aromatic rings. The molecule has 0 amide bonds. The minimum atomic E-state index is -2.49. The summed E-state index contributed by atoms with van der Waals surface area (Å²) >= 11 is 0. The molecule has 0 saturated carbocycles. The van der Waals surface area contributed by atoms with Gasteiger partial charge in [-0.3, -0.25) is 0 Å². The second-order valence-corrected chi connectivity index (χ2v) is 10.3. The number of rotatable bonds is 4. The third-order valence-corrected chi connectivity index (χ3v) is 7.41. The lowest BCUT2D eigenvalue weighted by Gasteiger charge is -2.14. The number of hydrogen-bond acceptors (Lipinski definition) is 1. The van der Waals surface area contributed by atoms with Gasteiger partial charge >= 0.3 is 0 Å². The van der Waals surface area contributed by atoms with Crippen molar-refractivity contribution in [1.29, 1.82) is 0 Å². The molecule has 0 aliphatic heterocycles. The molecule has 0 saturated heterocycles. The number of furan rings is 1. The fraction of sp³-hybridized carbons (Fsp3) is 0.294. The van der Waals surface area contributed by atoms with Crippen molar-refractivity contribution < 1.29 is 15.8 Å². The van der Waals surface area contributed by atoms with Crippen molar-refractivity contribution in [2.24, 2.45) is 7.05 Å². The van der Waals surface area contributed by atoms with Crippen molar-refractivity contribution in [1.82, 2.24) is 0 Å². The first-order valence-electron chi connectivity index (χ1n) is 15.1. The first-order chi connectivity index (χ1) is 19.6. The third-order valence-electron chi connectivity index (χ3n) is 7.41. The van der Waals surface area contributed by atoms with E-state index in [4.69, 9.17) is 16.5 Å². The third kappa shape index (κ3) is 3.92. The molecular formula is C34H35N2O+. The molecule has 3 aromatic carbocycles. The lowest BCUT2D eigenvalue weighted by Crippen LogP contribution is -2.36. The highest BCUT2D eigenvalue weighted by atomic mass is 16.3. The van der Waals surface area contributed by atoms with Gasteiger partial charge in [-0.2, -0.15) is 4.57 Å². The Morgan fingerprint density at radius 2 is 1.59 bits per heavy atom. The fourth-order valence-corrected chi connectivity index (χ4v) is 5.08. The summed E-state index contributed by atoms with van der Waals surface area (Å²) in [6.45, 7) is 16.6. The van der Waals surface area contributed by atoms with Gasteiger partial charge in [0.2, 0.25) is 5.69 Å². The second-order valence-electron chi connectivity index (χ2n) is 10.3. The average Bonchev–Trinajstić information content (AvgIpc) is 3.28. The molecule has 0 atom stereocenters. The maximum Gasteiger partial charge on any atom is 0.216 e. The summed E-state index contributed by atoms with van der Waals surface area (Å²) in [7, 11) is 1.76. The summed E-state index contributed by atoms with van der Waals surface area (Å²) in [5.74, 6) is -0.949. The van der Waals surface area contributed by atoms with E-state index >= 15 is 0 Å².